The van der Waals surface area contributed by atoms with Crippen molar-refractivity contribution in [2.24, 2.45) is 17.4 Å². The molecule has 6 rings (SSSR count). The zero-order valence-corrected chi connectivity index (χ0v) is 60.3. The predicted octanol–water partition coefficient (Wildman–Crippen LogP) is -4.52. The number of aliphatic carboxylic acids is 2. The average molecular weight is 1520 g/mol. The van der Waals surface area contributed by atoms with E-state index in [1.54, 1.807) is 74.6 Å². The van der Waals surface area contributed by atoms with Gasteiger partial charge in [-0.2, -0.15) is 0 Å². The van der Waals surface area contributed by atoms with Crippen LogP contribution in [0.4, 0.5) is 0 Å². The summed E-state index contributed by atoms with van der Waals surface area (Å²) < 4.78 is 0. The first-order valence-corrected chi connectivity index (χ1v) is 35.4. The summed E-state index contributed by atoms with van der Waals surface area (Å²) in [6.45, 7) is 3.32. The third kappa shape index (κ3) is 28.6. The van der Waals surface area contributed by atoms with Crippen molar-refractivity contribution < 1.29 is 92.7 Å². The van der Waals surface area contributed by atoms with Gasteiger partial charge in [-0.3, -0.25) is 67.7 Å². The molecule has 38 heteroatoms. The van der Waals surface area contributed by atoms with Gasteiger partial charge in [0.15, 0.2) is 5.96 Å². The monoisotopic (exact) mass is 1520 g/mol. The number of para-hydroxylation sites is 1. The molecular weight excluding hydrogens is 1420 g/mol. The molecular formula is C71H97N19O19. The normalized spacial score (nSPS) is 15.5. The number of H-pyrrole nitrogens is 2. The van der Waals surface area contributed by atoms with Crippen molar-refractivity contribution in [3.63, 3.8) is 0 Å². The molecule has 0 bridgehead atoms. The number of aromatic nitrogens is 3. The lowest BCUT2D eigenvalue weighted by Gasteiger charge is -2.28. The number of aromatic amines is 2. The number of carboxylic acids is 2. The number of hydrogen-bond acceptors (Lipinski definition) is 20. The number of phenols is 1. The molecule has 12 atom stereocenters. The first-order valence-electron chi connectivity index (χ1n) is 35.4. The highest BCUT2D eigenvalue weighted by molar-refractivity contribution is 6.00. The van der Waals surface area contributed by atoms with E-state index in [9.17, 15) is 92.7 Å². The van der Waals surface area contributed by atoms with E-state index in [1.807, 2.05) is 0 Å². The summed E-state index contributed by atoms with van der Waals surface area (Å²) in [6, 6.07) is 4.13. The molecule has 3 aromatic carbocycles. The molecule has 5 aromatic rings. The fourth-order valence-electron chi connectivity index (χ4n) is 11.7. The topological polar surface area (TPSA) is 617 Å². The first-order chi connectivity index (χ1) is 51.9. The number of benzene rings is 3. The maximum absolute atomic E-state index is 14.7. The number of carbonyl (C=O) groups excluding carboxylic acids is 12. The van der Waals surface area contributed by atoms with E-state index in [0.29, 0.717) is 47.0 Å². The molecule has 1 aliphatic rings. The highest BCUT2D eigenvalue weighted by Gasteiger charge is 2.38. The van der Waals surface area contributed by atoms with E-state index >= 15 is 0 Å². The maximum atomic E-state index is 14.7. The Balaban J connectivity index is 1.19. The number of imidazole rings is 1. The Labute approximate surface area is 625 Å². The van der Waals surface area contributed by atoms with Gasteiger partial charge in [-0.15, -0.1) is 0 Å². The number of phenolic OH excluding ortho intramolecular Hbond substituents is 1. The van der Waals surface area contributed by atoms with Gasteiger partial charge in [0.2, 0.25) is 70.9 Å². The van der Waals surface area contributed by atoms with Gasteiger partial charge >= 0.3 is 11.9 Å². The molecule has 2 aromatic heterocycles. The molecule has 0 radical (unpaired) electrons. The number of amides is 12. The van der Waals surface area contributed by atoms with Gasteiger partial charge in [-0.05, 0) is 99.2 Å². The van der Waals surface area contributed by atoms with E-state index < -0.39 is 200 Å². The summed E-state index contributed by atoms with van der Waals surface area (Å²) in [5, 5.41) is 91.8. The Morgan fingerprint density at radius 1 is 0.569 bits per heavy atom. The Kier molecular flexibility index (Phi) is 33.8. The molecule has 1 saturated heterocycles. The number of nitrogens with two attached hydrogens (primary N) is 2. The Morgan fingerprint density at radius 2 is 1.10 bits per heavy atom. The molecule has 590 valence electrons. The lowest BCUT2D eigenvalue weighted by molar-refractivity contribution is -0.143. The van der Waals surface area contributed by atoms with Crippen LogP contribution >= 0.6 is 0 Å². The number of aromatic hydroxyl groups is 1. The quantitative estimate of drug-likeness (QED) is 0.00992. The Bertz CT molecular complexity index is 3960. The van der Waals surface area contributed by atoms with Gasteiger partial charge in [0.05, 0.1) is 31.6 Å². The number of aliphatic hydroxyl groups excluding tert-OH is 2. The van der Waals surface area contributed by atoms with Crippen molar-refractivity contribution in [3.05, 3.63) is 120 Å². The largest absolute Gasteiger partial charge is 0.508 e. The highest BCUT2D eigenvalue weighted by atomic mass is 16.4. The second kappa shape index (κ2) is 42.9. The fourth-order valence-corrected chi connectivity index (χ4v) is 11.7. The number of carboxylic acid groups (broad SMARTS) is 2. The first kappa shape index (κ1) is 85.9. The van der Waals surface area contributed by atoms with Crippen molar-refractivity contribution in [1.29, 1.82) is 5.41 Å². The molecule has 12 amide bonds. The van der Waals surface area contributed by atoms with Crippen molar-refractivity contribution in [2.45, 2.75) is 177 Å². The van der Waals surface area contributed by atoms with Gasteiger partial charge in [0.1, 0.15) is 66.2 Å². The SMILES string of the molecule is CC(C)C[C@H](NC(=O)[C@H](Cc1cnc[nH]1)NC(=O)[C@H](CO)NC(=O)[C@H](CCCNC(=N)N)NC(=O)[C@H](Cc1ccc(O)cc1)NC(=O)[C@@H](NC(=O)[C@@H]1CCCN1)[C@@H](C)O)C(=O)NCC(=O)N[C@@H](Cc1ccccc1)C(=O)N[C@@H](Cc1c[nH]c2ccccc12)C(=O)N[C@@H](CCC(N)=O)C(=O)N[C@@H](CCC(=O)O)C(=O)O. The number of nitrogens with one attached hydrogen (secondary N) is 16. The molecule has 25 N–H and O–H groups in total. The minimum Gasteiger partial charge on any atom is -0.508 e. The molecule has 1 fully saturated rings. The minimum atomic E-state index is -1.86. The fraction of sp³-hybridized carbons (Fsp3) is 0.465. The van der Waals surface area contributed by atoms with Crippen LogP contribution in [0.25, 0.3) is 10.9 Å². The molecule has 38 nitrogen and oxygen atoms in total. The van der Waals surface area contributed by atoms with Crippen molar-refractivity contribution in [3.8, 4) is 5.75 Å². The summed E-state index contributed by atoms with van der Waals surface area (Å²) in [4.78, 5) is 201. The number of nitrogens with zero attached hydrogens (tertiary/aromatic N) is 1. The third-order valence-electron chi connectivity index (χ3n) is 17.5. The van der Waals surface area contributed by atoms with E-state index in [2.05, 4.69) is 84.1 Å². The summed E-state index contributed by atoms with van der Waals surface area (Å²) in [5.41, 5.74) is 13.2. The van der Waals surface area contributed by atoms with Crippen molar-refractivity contribution in [2.75, 3.05) is 26.2 Å². The predicted molar refractivity (Wildman–Crippen MR) is 390 cm³/mol. The van der Waals surface area contributed by atoms with Crippen LogP contribution in [0, 0.1) is 11.3 Å². The lowest BCUT2D eigenvalue weighted by atomic mass is 10.0. The summed E-state index contributed by atoms with van der Waals surface area (Å²) >= 11 is 0. The highest BCUT2D eigenvalue weighted by Crippen LogP contribution is 2.21. The molecule has 0 unspecified atom stereocenters. The summed E-state index contributed by atoms with van der Waals surface area (Å²) in [5.74, 6) is -15.4. The molecule has 0 aliphatic carbocycles. The van der Waals surface area contributed by atoms with Crippen LogP contribution in [0.5, 0.6) is 5.75 Å². The number of primary amides is 1. The van der Waals surface area contributed by atoms with Gasteiger partial charge in [0.25, 0.3) is 0 Å². The van der Waals surface area contributed by atoms with Gasteiger partial charge in [0, 0.05) is 74.1 Å². The Morgan fingerprint density at radius 3 is 1.67 bits per heavy atom. The Hall–Kier alpha value is -12.1. The second-order valence-corrected chi connectivity index (χ2v) is 26.7. The minimum absolute atomic E-state index is 0.00164. The van der Waals surface area contributed by atoms with Crippen LogP contribution in [0.1, 0.15) is 101 Å². The van der Waals surface area contributed by atoms with Crippen LogP contribution in [0.15, 0.2) is 97.6 Å². The number of carbonyl (C=O) groups is 14. The van der Waals surface area contributed by atoms with Gasteiger partial charge in [-0.1, -0.05) is 74.5 Å². The zero-order chi connectivity index (χ0) is 79.9. The number of rotatable bonds is 45. The number of guanidine groups is 1. The zero-order valence-electron chi connectivity index (χ0n) is 60.3. The second-order valence-electron chi connectivity index (χ2n) is 26.7. The van der Waals surface area contributed by atoms with Crippen molar-refractivity contribution in [1.82, 2.24) is 84.1 Å². The average Bonchev–Trinajstić information content (AvgIpc) is 1.73. The van der Waals surface area contributed by atoms with Crippen LogP contribution in [0.2, 0.25) is 0 Å². The van der Waals surface area contributed by atoms with E-state index in [0.717, 1.165) is 0 Å². The van der Waals surface area contributed by atoms with Crippen LogP contribution in [-0.4, -0.2) is 228 Å². The van der Waals surface area contributed by atoms with Gasteiger partial charge in [-0.25, -0.2) is 9.78 Å². The molecule has 0 spiro atoms. The standard InChI is InChI=1S/C71H97N19O19/c1-37(2)27-50(60(98)79-34-57(95)81-51(28-39-11-5-4-6-12-39)64(102)86-53(30-41-32-78-45-14-8-7-13-44(41)45)66(104)83-48(21-23-56(72)94)63(101)84-49(70(108)109)22-24-58(96)97)85-67(105)54(31-42-33-75-36-80-42)87-68(106)55(35-91)89-62(100)47(16-10-26-77-71(73)74)82-65(103)52(29-40-17-19-43(93)20-18-40)88-69(107)59(38(3)92)90-61(99)46-15-9-25-76-46/h4-8,11-14,17-20,32-33,36-38,46-55,59,76,78,91-93H,9-10,15-16,21-31,34-35H2,1-3H3,(H2,72,94)(H,75,80)(H,79,98)(H,81,95)(H,82,103)(H,83,104)(H,84,101)(H,85,105)(H,86,102)(H,87,106)(H,88,107)(H,89,100)(H,90,99)(H,96,97)(H,108,109)(H4,73,74,77)/t38-,46+,47+,48+,49+,50+,51+,52+,53+,54+,55+,59+/m1/s1. The van der Waals surface area contributed by atoms with Crippen LogP contribution in [-0.2, 0) is 92.8 Å². The van der Waals surface area contributed by atoms with E-state index in [4.69, 9.17) is 16.9 Å². The maximum Gasteiger partial charge on any atom is 0.326 e. The van der Waals surface area contributed by atoms with Crippen molar-refractivity contribution >= 4 is 99.7 Å². The number of aliphatic hydroxyl groups is 2. The third-order valence-corrected chi connectivity index (χ3v) is 17.5. The lowest BCUT2D eigenvalue weighted by Crippen LogP contribution is -2.62. The smallest absolute Gasteiger partial charge is 0.326 e. The van der Waals surface area contributed by atoms with Crippen LogP contribution in [0.3, 0.4) is 0 Å². The molecule has 109 heavy (non-hydrogen) atoms. The van der Waals surface area contributed by atoms with Crippen LogP contribution < -0.4 is 80.6 Å². The number of fused-ring (bicyclic) bond motifs is 1. The van der Waals surface area contributed by atoms with Gasteiger partial charge < -0.3 is 116 Å². The summed E-state index contributed by atoms with van der Waals surface area (Å²) in [6.07, 6.45) is 0.387. The molecule has 0 saturated carbocycles. The van der Waals surface area contributed by atoms with E-state index in [1.165, 1.54) is 43.7 Å². The molecule has 1 aliphatic heterocycles. The number of hydrogen-bond donors (Lipinski definition) is 23. The van der Waals surface area contributed by atoms with E-state index in [-0.39, 0.29) is 68.9 Å². The summed E-state index contributed by atoms with van der Waals surface area (Å²) in [7, 11) is 0. The molecule has 3 heterocycles.